The van der Waals surface area contributed by atoms with E-state index in [0.29, 0.717) is 36.3 Å². The van der Waals surface area contributed by atoms with Crippen LogP contribution in [0.2, 0.25) is 0 Å². The summed E-state index contributed by atoms with van der Waals surface area (Å²) in [5, 5.41) is 15.2. The Hall–Kier alpha value is -4.83. The number of hydrogen-bond acceptors (Lipinski definition) is 8. The third-order valence-electron chi connectivity index (χ3n) is 9.20. The molecular weight excluding hydrogens is 598 g/mol. The van der Waals surface area contributed by atoms with E-state index in [4.69, 9.17) is 24.4 Å². The molecule has 4 aromatic heterocycles. The Labute approximate surface area is 269 Å². The molecule has 0 spiro atoms. The van der Waals surface area contributed by atoms with Gasteiger partial charge in [-0.15, -0.1) is 11.3 Å². The summed E-state index contributed by atoms with van der Waals surface area (Å²) >= 11 is 1.58. The Balaban J connectivity index is 1.34. The van der Waals surface area contributed by atoms with E-state index in [9.17, 15) is 9.90 Å². The molecule has 0 amide bonds. The fourth-order valence-electron chi connectivity index (χ4n) is 6.86. The summed E-state index contributed by atoms with van der Waals surface area (Å²) in [6, 6.07) is 14.4. The van der Waals surface area contributed by atoms with Crippen LogP contribution in [0.15, 0.2) is 54.9 Å². The van der Waals surface area contributed by atoms with Crippen molar-refractivity contribution in [3.63, 3.8) is 0 Å². The zero-order valence-corrected chi connectivity index (χ0v) is 26.6. The Morgan fingerprint density at radius 2 is 1.87 bits per heavy atom. The number of aliphatic carboxylic acids is 1. The molecule has 6 heterocycles. The minimum Gasteiger partial charge on any atom is -0.493 e. The molecule has 6 bridgehead atoms. The number of carboxylic acids is 1. The molecule has 2 aromatic carbocycles. The summed E-state index contributed by atoms with van der Waals surface area (Å²) < 4.78 is 15.3. The molecule has 9 nitrogen and oxygen atoms in total. The van der Waals surface area contributed by atoms with E-state index in [1.54, 1.807) is 28.4 Å². The number of carbonyl (C=O) groups is 1. The normalized spacial score (nSPS) is 16.3. The van der Waals surface area contributed by atoms with Crippen molar-refractivity contribution >= 4 is 38.6 Å². The molecule has 0 saturated heterocycles. The summed E-state index contributed by atoms with van der Waals surface area (Å²) in [6.45, 7) is 3.27. The van der Waals surface area contributed by atoms with Gasteiger partial charge in [0.25, 0.3) is 0 Å². The molecule has 0 saturated carbocycles. The first kappa shape index (κ1) is 28.6. The first-order chi connectivity index (χ1) is 22.4. The van der Waals surface area contributed by atoms with Crippen molar-refractivity contribution in [2.75, 3.05) is 13.2 Å². The van der Waals surface area contributed by atoms with Gasteiger partial charge in [0.15, 0.2) is 0 Å². The number of fused-ring (bicyclic) bond motifs is 9. The van der Waals surface area contributed by atoms with Crippen molar-refractivity contribution in [2.24, 2.45) is 7.05 Å². The van der Waals surface area contributed by atoms with Crippen LogP contribution in [0.5, 0.6) is 11.5 Å². The smallest absolute Gasteiger partial charge is 0.307 e. The van der Waals surface area contributed by atoms with E-state index in [2.05, 4.69) is 23.3 Å². The predicted molar refractivity (Wildman–Crippen MR) is 179 cm³/mol. The van der Waals surface area contributed by atoms with Gasteiger partial charge in [0.2, 0.25) is 0 Å². The highest BCUT2D eigenvalue weighted by molar-refractivity contribution is 7.22. The third kappa shape index (κ3) is 5.06. The molecule has 232 valence electrons. The molecule has 10 heteroatoms. The number of benzene rings is 2. The molecule has 6 aromatic rings. The minimum atomic E-state index is -0.854. The maximum Gasteiger partial charge on any atom is 0.307 e. The van der Waals surface area contributed by atoms with Crippen LogP contribution in [0.25, 0.3) is 54.3 Å². The standard InChI is InChI=1S/C36H33N5O4S/c1-20-14-27-35-33(24(20)17-32(42)43)22-7-8-30-25(15-22)21(10-13-45-30)6-4-3-5-12-44-31-18-29-28(19-38-41(29)2)39-34(31)26-16-23(9-11-37-26)36(40-27)46-35/h7-9,11,14-16,18-19,21H,3-6,10,12-13,17H2,1-2H3,(H,42,43). The maximum atomic E-state index is 12.1. The van der Waals surface area contributed by atoms with E-state index in [0.717, 1.165) is 91.9 Å². The predicted octanol–water partition coefficient (Wildman–Crippen LogP) is 7.73. The third-order valence-corrected chi connectivity index (χ3v) is 10.3. The highest BCUT2D eigenvalue weighted by atomic mass is 32.1. The second-order valence-corrected chi connectivity index (χ2v) is 13.2. The molecule has 0 aliphatic carbocycles. The van der Waals surface area contributed by atoms with Gasteiger partial charge in [-0.3, -0.25) is 14.5 Å². The van der Waals surface area contributed by atoms with Gasteiger partial charge in [-0.25, -0.2) is 9.97 Å². The quantitative estimate of drug-likeness (QED) is 0.207. The molecule has 2 aliphatic rings. The van der Waals surface area contributed by atoms with E-state index >= 15 is 0 Å². The number of pyridine rings is 2. The number of thiazole rings is 1. The zero-order valence-electron chi connectivity index (χ0n) is 25.7. The topological polar surface area (TPSA) is 112 Å². The number of hydrogen-bond donors (Lipinski definition) is 1. The average molecular weight is 632 g/mol. The van der Waals surface area contributed by atoms with E-state index in [1.807, 2.05) is 38.2 Å². The van der Waals surface area contributed by atoms with Crippen molar-refractivity contribution in [3.8, 4) is 44.6 Å². The van der Waals surface area contributed by atoms with E-state index < -0.39 is 5.97 Å². The van der Waals surface area contributed by atoms with Gasteiger partial charge in [0, 0.05) is 30.4 Å². The summed E-state index contributed by atoms with van der Waals surface area (Å²) in [6.07, 6.45) is 8.54. The lowest BCUT2D eigenvalue weighted by Crippen LogP contribution is -2.14. The summed E-state index contributed by atoms with van der Waals surface area (Å²) in [4.78, 5) is 26.9. The molecule has 0 fully saturated rings. The van der Waals surface area contributed by atoms with Crippen molar-refractivity contribution in [1.82, 2.24) is 24.7 Å². The fourth-order valence-corrected chi connectivity index (χ4v) is 7.99. The SMILES string of the molecule is Cc1cc2nc3sc2c(c1CC(=O)O)-c1ccc2c(c1)C(CCCCCOc1cc4c(cnn4C)nc1-c1cc-3ccn1)CCO2. The molecule has 8 rings (SSSR count). The van der Waals surface area contributed by atoms with E-state index in [1.165, 1.54) is 5.56 Å². The van der Waals surface area contributed by atoms with Crippen LogP contribution < -0.4 is 9.47 Å². The fraction of sp³-hybridized carbons (Fsp3) is 0.306. The molecule has 1 unspecified atom stereocenters. The van der Waals surface area contributed by atoms with E-state index in [-0.39, 0.29) is 6.42 Å². The molecular formula is C36H33N5O4S. The number of rotatable bonds is 2. The number of aromatic nitrogens is 5. The first-order valence-electron chi connectivity index (χ1n) is 15.8. The highest BCUT2D eigenvalue weighted by Crippen LogP contribution is 2.45. The highest BCUT2D eigenvalue weighted by Gasteiger charge is 2.25. The van der Waals surface area contributed by atoms with Crippen LogP contribution in [0.1, 0.15) is 54.7 Å². The van der Waals surface area contributed by atoms with Gasteiger partial charge in [0.1, 0.15) is 27.7 Å². The second-order valence-electron chi connectivity index (χ2n) is 12.2. The maximum absolute atomic E-state index is 12.1. The van der Waals surface area contributed by atoms with Crippen LogP contribution in [-0.2, 0) is 18.3 Å². The summed E-state index contributed by atoms with van der Waals surface area (Å²) in [5.41, 5.74) is 9.69. The van der Waals surface area contributed by atoms with Gasteiger partial charge in [0.05, 0.1) is 47.3 Å². The van der Waals surface area contributed by atoms with Crippen LogP contribution in [-0.4, -0.2) is 49.0 Å². The Morgan fingerprint density at radius 3 is 2.76 bits per heavy atom. The molecule has 46 heavy (non-hydrogen) atoms. The van der Waals surface area contributed by atoms with Crippen molar-refractivity contribution < 1.29 is 19.4 Å². The molecule has 1 atom stereocenters. The Bertz CT molecular complexity index is 2150. The lowest BCUT2D eigenvalue weighted by Gasteiger charge is -2.27. The number of ether oxygens (including phenoxy) is 2. The van der Waals surface area contributed by atoms with Gasteiger partial charge in [-0.05, 0) is 84.7 Å². The van der Waals surface area contributed by atoms with Crippen LogP contribution in [0.4, 0.5) is 0 Å². The average Bonchev–Trinajstić information content (AvgIpc) is 3.64. The molecule has 0 radical (unpaired) electrons. The first-order valence-corrected chi connectivity index (χ1v) is 16.6. The number of aryl methyl sites for hydroxylation is 2. The van der Waals surface area contributed by atoms with Gasteiger partial charge < -0.3 is 14.6 Å². The van der Waals surface area contributed by atoms with Gasteiger partial charge >= 0.3 is 5.97 Å². The number of nitrogens with zero attached hydrogens (tertiary/aromatic N) is 5. The van der Waals surface area contributed by atoms with Crippen LogP contribution in [0.3, 0.4) is 0 Å². The van der Waals surface area contributed by atoms with Gasteiger partial charge in [-0.2, -0.15) is 5.10 Å². The second kappa shape index (κ2) is 11.5. The lowest BCUT2D eigenvalue weighted by molar-refractivity contribution is -0.136. The molecule has 1 N–H and O–H groups in total. The zero-order chi connectivity index (χ0) is 31.4. The number of carboxylic acid groups (broad SMARTS) is 1. The summed E-state index contributed by atoms with van der Waals surface area (Å²) in [5.74, 6) is 1.14. The van der Waals surface area contributed by atoms with Crippen LogP contribution >= 0.6 is 11.3 Å². The van der Waals surface area contributed by atoms with Crippen molar-refractivity contribution in [3.05, 3.63) is 71.5 Å². The molecule has 2 aliphatic heterocycles. The Kier molecular flexibility index (Phi) is 7.17. The van der Waals surface area contributed by atoms with Crippen LogP contribution in [0, 0.1) is 6.92 Å². The monoisotopic (exact) mass is 631 g/mol. The Morgan fingerprint density at radius 1 is 0.978 bits per heavy atom. The summed E-state index contributed by atoms with van der Waals surface area (Å²) in [7, 11) is 1.90. The van der Waals surface area contributed by atoms with Crippen molar-refractivity contribution in [2.45, 2.75) is 51.4 Å². The van der Waals surface area contributed by atoms with Gasteiger partial charge in [-0.1, -0.05) is 18.9 Å². The minimum absolute atomic E-state index is 0.0635. The lowest BCUT2D eigenvalue weighted by atomic mass is 9.85. The van der Waals surface area contributed by atoms with Crippen molar-refractivity contribution in [1.29, 1.82) is 0 Å². The largest absolute Gasteiger partial charge is 0.493 e.